The van der Waals surface area contributed by atoms with E-state index in [9.17, 15) is 9.59 Å². The Hall–Kier alpha value is -5.04. The molecule has 0 fully saturated rings. The van der Waals surface area contributed by atoms with Crippen LogP contribution in [0.1, 0.15) is 20.7 Å². The minimum atomic E-state index is -0.242. The van der Waals surface area contributed by atoms with Crippen molar-refractivity contribution >= 4 is 36.5 Å². The Labute approximate surface area is 229 Å². The number of nitrogens with zero attached hydrogens (tertiary/aromatic N) is 4. The third-order valence-electron chi connectivity index (χ3n) is 6.47. The fourth-order valence-corrected chi connectivity index (χ4v) is 4.23. The molecular formula is C32H25BN4O2. The lowest BCUT2D eigenvalue weighted by Gasteiger charge is -2.23. The van der Waals surface area contributed by atoms with Gasteiger partial charge in [0, 0.05) is 49.0 Å². The van der Waals surface area contributed by atoms with Crippen LogP contribution in [0.15, 0.2) is 116 Å². The molecule has 6 nitrogen and oxygen atoms in total. The lowest BCUT2D eigenvalue weighted by molar-refractivity contribution is 0.0986. The third kappa shape index (κ3) is 5.62. The lowest BCUT2D eigenvalue weighted by atomic mass is 9.94. The van der Waals surface area contributed by atoms with E-state index in [1.54, 1.807) is 56.8 Å². The largest absolute Gasteiger partial charge is 0.311 e. The first kappa shape index (κ1) is 25.6. The summed E-state index contributed by atoms with van der Waals surface area (Å²) in [5.41, 5.74) is 5.94. The molecule has 2 amide bonds. The Kier molecular flexibility index (Phi) is 7.32. The van der Waals surface area contributed by atoms with Gasteiger partial charge in [0.1, 0.15) is 7.85 Å². The smallest absolute Gasteiger partial charge is 0.259 e. The fourth-order valence-electron chi connectivity index (χ4n) is 4.23. The van der Waals surface area contributed by atoms with E-state index in [4.69, 9.17) is 7.85 Å². The van der Waals surface area contributed by atoms with Crippen LogP contribution in [0.5, 0.6) is 0 Å². The molecule has 0 atom stereocenters. The first-order chi connectivity index (χ1) is 18.9. The van der Waals surface area contributed by atoms with Crippen molar-refractivity contribution in [2.75, 3.05) is 23.9 Å². The highest BCUT2D eigenvalue weighted by Gasteiger charge is 2.19. The van der Waals surface area contributed by atoms with Crippen LogP contribution in [0.2, 0.25) is 0 Å². The van der Waals surface area contributed by atoms with Gasteiger partial charge in [-0.3, -0.25) is 19.6 Å². The van der Waals surface area contributed by atoms with Crippen molar-refractivity contribution in [2.45, 2.75) is 0 Å². The topological polar surface area (TPSA) is 66.4 Å². The second-order valence-electron chi connectivity index (χ2n) is 9.11. The minimum absolute atomic E-state index is 0.242. The van der Waals surface area contributed by atoms with E-state index >= 15 is 0 Å². The maximum Gasteiger partial charge on any atom is 0.259 e. The molecule has 0 saturated heterocycles. The van der Waals surface area contributed by atoms with Gasteiger partial charge in [0.15, 0.2) is 0 Å². The third-order valence-corrected chi connectivity index (χ3v) is 6.47. The zero-order valence-electron chi connectivity index (χ0n) is 21.7. The summed E-state index contributed by atoms with van der Waals surface area (Å²) in [6.07, 6.45) is 3.13. The molecule has 39 heavy (non-hydrogen) atoms. The highest BCUT2D eigenvalue weighted by molar-refractivity contribution is 6.33. The van der Waals surface area contributed by atoms with Gasteiger partial charge in [0.25, 0.3) is 11.8 Å². The van der Waals surface area contributed by atoms with E-state index in [0.29, 0.717) is 28.0 Å². The zero-order valence-corrected chi connectivity index (χ0v) is 21.7. The number of pyridine rings is 2. The maximum absolute atomic E-state index is 13.2. The SMILES string of the molecule is [B]c1cc(N(C)C(=O)c2ccc(-c3ccccc3)nc2)cc(N(C)C(=O)c2ccc(-c3ccccc3)nc2)c1. The number of hydrogen-bond acceptors (Lipinski definition) is 4. The summed E-state index contributed by atoms with van der Waals surface area (Å²) < 4.78 is 0. The average molecular weight is 508 g/mol. The minimum Gasteiger partial charge on any atom is -0.311 e. The quantitative estimate of drug-likeness (QED) is 0.298. The number of amides is 2. The number of benzene rings is 3. The van der Waals surface area contributed by atoms with Crippen LogP contribution in [-0.2, 0) is 0 Å². The Bertz CT molecular complexity index is 1490. The van der Waals surface area contributed by atoms with Gasteiger partial charge >= 0.3 is 0 Å². The predicted molar refractivity (Wildman–Crippen MR) is 157 cm³/mol. The summed E-state index contributed by atoms with van der Waals surface area (Å²) in [6, 6.07) is 31.8. The Morgan fingerprint density at radius 3 is 1.36 bits per heavy atom. The molecule has 0 unspecified atom stereocenters. The van der Waals surface area contributed by atoms with Crippen LogP contribution in [0.25, 0.3) is 22.5 Å². The Morgan fingerprint density at radius 2 is 1.00 bits per heavy atom. The number of carbonyl (C=O) groups is 2. The van der Waals surface area contributed by atoms with Gasteiger partial charge < -0.3 is 9.80 Å². The monoisotopic (exact) mass is 508 g/mol. The Balaban J connectivity index is 1.34. The van der Waals surface area contributed by atoms with Gasteiger partial charge in [-0.25, -0.2) is 0 Å². The van der Waals surface area contributed by atoms with Crippen molar-refractivity contribution in [1.82, 2.24) is 9.97 Å². The number of rotatable bonds is 6. The molecule has 188 valence electrons. The zero-order chi connectivity index (χ0) is 27.4. The molecular weight excluding hydrogens is 483 g/mol. The van der Waals surface area contributed by atoms with Crippen LogP contribution in [0.4, 0.5) is 11.4 Å². The van der Waals surface area contributed by atoms with Gasteiger partial charge in [0.05, 0.1) is 22.5 Å². The number of anilines is 2. The molecule has 2 radical (unpaired) electrons. The number of hydrogen-bond donors (Lipinski definition) is 0. The first-order valence-electron chi connectivity index (χ1n) is 12.4. The Morgan fingerprint density at radius 1 is 0.590 bits per heavy atom. The number of carbonyl (C=O) groups excluding carboxylic acids is 2. The molecule has 0 bridgehead atoms. The van der Waals surface area contributed by atoms with Crippen molar-refractivity contribution in [1.29, 1.82) is 0 Å². The lowest BCUT2D eigenvalue weighted by Crippen LogP contribution is -2.30. The molecule has 2 heterocycles. The van der Waals surface area contributed by atoms with Crippen molar-refractivity contribution in [2.24, 2.45) is 0 Å². The summed E-state index contributed by atoms with van der Waals surface area (Å²) in [6.45, 7) is 0. The van der Waals surface area contributed by atoms with Crippen LogP contribution in [0.3, 0.4) is 0 Å². The van der Waals surface area contributed by atoms with E-state index < -0.39 is 0 Å². The molecule has 7 heteroatoms. The van der Waals surface area contributed by atoms with E-state index in [2.05, 4.69) is 9.97 Å². The van der Waals surface area contributed by atoms with Gasteiger partial charge in [-0.1, -0.05) is 66.1 Å². The highest BCUT2D eigenvalue weighted by Crippen LogP contribution is 2.24. The maximum atomic E-state index is 13.2. The first-order valence-corrected chi connectivity index (χ1v) is 12.4. The van der Waals surface area contributed by atoms with Crippen LogP contribution >= 0.6 is 0 Å². The van der Waals surface area contributed by atoms with Crippen molar-refractivity contribution in [3.05, 3.63) is 127 Å². The molecule has 0 spiro atoms. The summed E-state index contributed by atoms with van der Waals surface area (Å²) in [5.74, 6) is -0.485. The standard InChI is InChI=1S/C32H25BN4O2/c1-36(31(38)24-13-15-29(34-20-24)22-9-5-3-6-10-22)27-17-26(33)18-28(19-27)37(2)32(39)25-14-16-30(35-21-25)23-11-7-4-8-12-23/h3-21H,1-2H3. The van der Waals surface area contributed by atoms with Crippen molar-refractivity contribution in [3.63, 3.8) is 0 Å². The summed E-state index contributed by atoms with van der Waals surface area (Å²) in [5, 5.41) is 0. The molecule has 2 aromatic heterocycles. The summed E-state index contributed by atoms with van der Waals surface area (Å²) in [7, 11) is 9.51. The molecule has 0 aliphatic heterocycles. The molecule has 3 aromatic carbocycles. The average Bonchev–Trinajstić information content (AvgIpc) is 3.00. The highest BCUT2D eigenvalue weighted by atomic mass is 16.2. The molecule has 0 saturated carbocycles. The summed E-state index contributed by atoms with van der Waals surface area (Å²) >= 11 is 0. The molecule has 0 aliphatic rings. The second kappa shape index (κ2) is 11.1. The van der Waals surface area contributed by atoms with Gasteiger partial charge in [-0.15, -0.1) is 0 Å². The predicted octanol–water partition coefficient (Wildman–Crippen LogP) is 5.16. The molecule has 0 aliphatic carbocycles. The van der Waals surface area contributed by atoms with E-state index in [0.717, 1.165) is 22.5 Å². The fraction of sp³-hybridized carbons (Fsp3) is 0.0625. The van der Waals surface area contributed by atoms with Gasteiger partial charge in [-0.05, 0) is 42.5 Å². The van der Waals surface area contributed by atoms with Gasteiger partial charge in [0.2, 0.25) is 0 Å². The molecule has 0 N–H and O–H groups in total. The van der Waals surface area contributed by atoms with Crippen LogP contribution < -0.4 is 15.3 Å². The molecule has 5 rings (SSSR count). The van der Waals surface area contributed by atoms with Crippen molar-refractivity contribution in [3.8, 4) is 22.5 Å². The van der Waals surface area contributed by atoms with Crippen LogP contribution in [0, 0.1) is 0 Å². The van der Waals surface area contributed by atoms with Gasteiger partial charge in [-0.2, -0.15) is 0 Å². The van der Waals surface area contributed by atoms with Crippen LogP contribution in [-0.4, -0.2) is 43.7 Å². The number of aromatic nitrogens is 2. The van der Waals surface area contributed by atoms with Crippen molar-refractivity contribution < 1.29 is 9.59 Å². The molecule has 5 aromatic rings. The van der Waals surface area contributed by atoms with E-state index in [1.807, 2.05) is 72.8 Å². The summed E-state index contributed by atoms with van der Waals surface area (Å²) in [4.78, 5) is 38.4. The van der Waals surface area contributed by atoms with E-state index in [1.165, 1.54) is 9.80 Å². The second-order valence-corrected chi connectivity index (χ2v) is 9.11. The van der Waals surface area contributed by atoms with E-state index in [-0.39, 0.29) is 11.8 Å². The normalized spacial score (nSPS) is 10.6.